The molecule has 3 heteroatoms. The minimum Gasteiger partial charge on any atom is -0.377 e. The molecule has 0 aromatic rings. The third kappa shape index (κ3) is 5.25. The second kappa shape index (κ2) is 8.13. The minimum absolute atomic E-state index is 0.501. The Bertz CT molecular complexity index is 211. The molecule has 2 fully saturated rings. The monoisotopic (exact) mass is 254 g/mol. The molecular formula is C15H30N2O. The van der Waals surface area contributed by atoms with Gasteiger partial charge in [0.05, 0.1) is 6.10 Å². The number of rotatable bonds is 7. The lowest BCUT2D eigenvalue weighted by atomic mass is 9.95. The fourth-order valence-corrected chi connectivity index (χ4v) is 3.19. The van der Waals surface area contributed by atoms with Crippen molar-refractivity contribution in [3.8, 4) is 0 Å². The van der Waals surface area contributed by atoms with Gasteiger partial charge in [0.1, 0.15) is 0 Å². The second-order valence-electron chi connectivity index (χ2n) is 6.04. The van der Waals surface area contributed by atoms with E-state index in [1.165, 1.54) is 64.5 Å². The zero-order chi connectivity index (χ0) is 12.6. The van der Waals surface area contributed by atoms with Crippen LogP contribution in [-0.4, -0.2) is 50.3 Å². The van der Waals surface area contributed by atoms with Crippen molar-refractivity contribution in [3.05, 3.63) is 0 Å². The van der Waals surface area contributed by atoms with Gasteiger partial charge in [-0.2, -0.15) is 0 Å². The number of ether oxygens (including phenoxy) is 1. The lowest BCUT2D eigenvalue weighted by Gasteiger charge is -2.24. The summed E-state index contributed by atoms with van der Waals surface area (Å²) in [6, 6.07) is 0.808. The Morgan fingerprint density at radius 1 is 1.11 bits per heavy atom. The van der Waals surface area contributed by atoms with Crippen molar-refractivity contribution in [2.24, 2.45) is 0 Å². The molecule has 1 aliphatic heterocycles. The molecule has 106 valence electrons. The van der Waals surface area contributed by atoms with Crippen LogP contribution in [0, 0.1) is 0 Å². The quantitative estimate of drug-likeness (QED) is 0.706. The third-order valence-corrected chi connectivity index (χ3v) is 4.29. The van der Waals surface area contributed by atoms with Crippen molar-refractivity contribution in [3.63, 3.8) is 0 Å². The van der Waals surface area contributed by atoms with Crippen LogP contribution >= 0.6 is 0 Å². The van der Waals surface area contributed by atoms with Gasteiger partial charge in [-0.05, 0) is 52.2 Å². The van der Waals surface area contributed by atoms with E-state index < -0.39 is 0 Å². The van der Waals surface area contributed by atoms with Crippen molar-refractivity contribution in [2.75, 3.05) is 33.3 Å². The average Bonchev–Trinajstić information content (AvgIpc) is 2.89. The van der Waals surface area contributed by atoms with E-state index in [1.807, 2.05) is 0 Å². The van der Waals surface area contributed by atoms with Crippen LogP contribution in [0.4, 0.5) is 0 Å². The van der Waals surface area contributed by atoms with E-state index in [2.05, 4.69) is 17.3 Å². The van der Waals surface area contributed by atoms with Crippen molar-refractivity contribution < 1.29 is 4.74 Å². The van der Waals surface area contributed by atoms with E-state index in [0.29, 0.717) is 6.10 Å². The Balaban J connectivity index is 1.46. The molecule has 1 atom stereocenters. The van der Waals surface area contributed by atoms with Gasteiger partial charge in [0.25, 0.3) is 0 Å². The maximum Gasteiger partial charge on any atom is 0.0702 e. The molecule has 0 amide bonds. The smallest absolute Gasteiger partial charge is 0.0702 e. The molecule has 1 unspecified atom stereocenters. The fourth-order valence-electron chi connectivity index (χ4n) is 3.19. The Kier molecular flexibility index (Phi) is 6.46. The van der Waals surface area contributed by atoms with Gasteiger partial charge in [0.15, 0.2) is 0 Å². The largest absolute Gasteiger partial charge is 0.377 e. The first-order valence-electron chi connectivity index (χ1n) is 7.88. The third-order valence-electron chi connectivity index (χ3n) is 4.29. The summed E-state index contributed by atoms with van der Waals surface area (Å²) in [7, 11) is 2.22. The van der Waals surface area contributed by atoms with E-state index in [0.717, 1.165) is 19.2 Å². The highest BCUT2D eigenvalue weighted by atomic mass is 16.5. The second-order valence-corrected chi connectivity index (χ2v) is 6.04. The number of nitrogens with one attached hydrogen (secondary N) is 1. The van der Waals surface area contributed by atoms with Gasteiger partial charge in [-0.15, -0.1) is 0 Å². The minimum atomic E-state index is 0.501. The van der Waals surface area contributed by atoms with E-state index in [1.54, 1.807) is 0 Å². The summed E-state index contributed by atoms with van der Waals surface area (Å²) in [5, 5.41) is 3.71. The summed E-state index contributed by atoms with van der Waals surface area (Å²) in [4.78, 5) is 2.43. The van der Waals surface area contributed by atoms with E-state index in [9.17, 15) is 0 Å². The highest BCUT2D eigenvalue weighted by Crippen LogP contribution is 2.17. The molecular weight excluding hydrogens is 224 g/mol. The van der Waals surface area contributed by atoms with Crippen molar-refractivity contribution in [1.82, 2.24) is 10.2 Å². The van der Waals surface area contributed by atoms with Crippen LogP contribution in [0.15, 0.2) is 0 Å². The van der Waals surface area contributed by atoms with Crippen LogP contribution in [0.25, 0.3) is 0 Å². The van der Waals surface area contributed by atoms with Gasteiger partial charge in [-0.1, -0.05) is 19.3 Å². The Labute approximate surface area is 112 Å². The maximum absolute atomic E-state index is 5.67. The molecule has 1 aliphatic carbocycles. The molecule has 0 bridgehead atoms. The fraction of sp³-hybridized carbons (Fsp3) is 1.00. The van der Waals surface area contributed by atoms with Crippen molar-refractivity contribution in [2.45, 2.75) is 63.5 Å². The first-order valence-corrected chi connectivity index (χ1v) is 7.88. The molecule has 1 saturated heterocycles. The summed E-state index contributed by atoms with van der Waals surface area (Å²) in [5.41, 5.74) is 0. The molecule has 0 aromatic heterocycles. The summed E-state index contributed by atoms with van der Waals surface area (Å²) >= 11 is 0. The highest BCUT2D eigenvalue weighted by molar-refractivity contribution is 4.72. The van der Waals surface area contributed by atoms with Gasteiger partial charge >= 0.3 is 0 Å². The van der Waals surface area contributed by atoms with E-state index in [4.69, 9.17) is 4.74 Å². The molecule has 2 rings (SSSR count). The van der Waals surface area contributed by atoms with Crippen LogP contribution in [0.1, 0.15) is 51.4 Å². The number of likely N-dealkylation sites (N-methyl/N-ethyl adjacent to an activating group) is 1. The lowest BCUT2D eigenvalue weighted by Crippen LogP contribution is -2.34. The van der Waals surface area contributed by atoms with Gasteiger partial charge in [-0.3, -0.25) is 0 Å². The van der Waals surface area contributed by atoms with E-state index >= 15 is 0 Å². The lowest BCUT2D eigenvalue weighted by molar-refractivity contribution is 0.0808. The SMILES string of the molecule is CN(CCCNC1CCCCC1)CC1CCCO1. The zero-order valence-electron chi connectivity index (χ0n) is 12.0. The first-order chi connectivity index (χ1) is 8.84. The van der Waals surface area contributed by atoms with Crippen LogP contribution in [0.5, 0.6) is 0 Å². The van der Waals surface area contributed by atoms with Crippen LogP contribution in [0.3, 0.4) is 0 Å². The number of hydrogen-bond donors (Lipinski definition) is 1. The molecule has 0 aromatic carbocycles. The number of hydrogen-bond acceptors (Lipinski definition) is 3. The summed E-state index contributed by atoms with van der Waals surface area (Å²) < 4.78 is 5.67. The Morgan fingerprint density at radius 2 is 1.94 bits per heavy atom. The molecule has 2 aliphatic rings. The van der Waals surface area contributed by atoms with Crippen LogP contribution < -0.4 is 5.32 Å². The molecule has 0 radical (unpaired) electrons. The maximum atomic E-state index is 5.67. The predicted molar refractivity (Wildman–Crippen MR) is 76.0 cm³/mol. The Morgan fingerprint density at radius 3 is 2.67 bits per heavy atom. The predicted octanol–water partition coefficient (Wildman–Crippen LogP) is 2.41. The number of nitrogens with zero attached hydrogens (tertiary/aromatic N) is 1. The molecule has 1 heterocycles. The molecule has 1 N–H and O–H groups in total. The summed E-state index contributed by atoms with van der Waals surface area (Å²) in [6.45, 7) is 4.46. The van der Waals surface area contributed by atoms with Gasteiger partial charge in [0, 0.05) is 19.2 Å². The normalized spacial score (nSPS) is 26.0. The van der Waals surface area contributed by atoms with Crippen molar-refractivity contribution in [1.29, 1.82) is 0 Å². The summed E-state index contributed by atoms with van der Waals surface area (Å²) in [6.07, 6.45) is 11.4. The molecule has 3 nitrogen and oxygen atoms in total. The topological polar surface area (TPSA) is 24.5 Å². The van der Waals surface area contributed by atoms with Gasteiger partial charge in [0.2, 0.25) is 0 Å². The van der Waals surface area contributed by atoms with Gasteiger partial charge in [-0.25, -0.2) is 0 Å². The Hall–Kier alpha value is -0.120. The van der Waals surface area contributed by atoms with Gasteiger partial charge < -0.3 is 15.0 Å². The first kappa shape index (κ1) is 14.3. The van der Waals surface area contributed by atoms with Crippen LogP contribution in [0.2, 0.25) is 0 Å². The zero-order valence-corrected chi connectivity index (χ0v) is 12.0. The molecule has 0 spiro atoms. The van der Waals surface area contributed by atoms with Crippen molar-refractivity contribution >= 4 is 0 Å². The summed E-state index contributed by atoms with van der Waals surface area (Å²) in [5.74, 6) is 0. The van der Waals surface area contributed by atoms with E-state index in [-0.39, 0.29) is 0 Å². The van der Waals surface area contributed by atoms with Crippen LogP contribution in [-0.2, 0) is 4.74 Å². The molecule has 1 saturated carbocycles. The standard InChI is InChI=1S/C15H30N2O/c1-17(13-15-9-5-12-18-15)11-6-10-16-14-7-3-2-4-8-14/h14-16H,2-13H2,1H3. The molecule has 18 heavy (non-hydrogen) atoms. The average molecular weight is 254 g/mol. The highest BCUT2D eigenvalue weighted by Gasteiger charge is 2.17.